The van der Waals surface area contributed by atoms with Crippen LogP contribution in [0.15, 0.2) is 30.9 Å². The lowest BCUT2D eigenvalue weighted by Crippen LogP contribution is -2.28. The molecule has 16 heavy (non-hydrogen) atoms. The van der Waals surface area contributed by atoms with Gasteiger partial charge in [-0.25, -0.2) is 0 Å². The number of amides is 1. The largest absolute Gasteiger partial charge is 0.484 e. The van der Waals surface area contributed by atoms with Crippen LogP contribution in [0, 0.1) is 13.8 Å². The summed E-state index contributed by atoms with van der Waals surface area (Å²) in [6.07, 6.45) is 1.63. The number of hydrogen-bond acceptors (Lipinski definition) is 2. The van der Waals surface area contributed by atoms with Gasteiger partial charge in [0.1, 0.15) is 5.75 Å². The predicted octanol–water partition coefficient (Wildman–Crippen LogP) is 1.98. The van der Waals surface area contributed by atoms with Crippen LogP contribution in [0.3, 0.4) is 0 Å². The highest BCUT2D eigenvalue weighted by atomic mass is 16.5. The van der Waals surface area contributed by atoms with Gasteiger partial charge in [-0.2, -0.15) is 0 Å². The second kappa shape index (κ2) is 5.95. The van der Waals surface area contributed by atoms with E-state index in [1.54, 1.807) is 6.08 Å². The second-order valence-corrected chi connectivity index (χ2v) is 3.65. The zero-order valence-electron chi connectivity index (χ0n) is 9.75. The molecule has 0 aliphatic rings. The van der Waals surface area contributed by atoms with Crippen molar-refractivity contribution in [3.8, 4) is 5.75 Å². The normalized spacial score (nSPS) is 9.62. The summed E-state index contributed by atoms with van der Waals surface area (Å²) in [5.41, 5.74) is 2.22. The molecule has 0 spiro atoms. The molecule has 0 fully saturated rings. The van der Waals surface area contributed by atoms with Crippen LogP contribution in [-0.2, 0) is 4.79 Å². The maximum atomic E-state index is 11.3. The Morgan fingerprint density at radius 2 is 2.25 bits per heavy atom. The molecule has 0 aromatic heterocycles. The third-order valence-corrected chi connectivity index (χ3v) is 2.13. The minimum absolute atomic E-state index is 0.0394. The van der Waals surface area contributed by atoms with Gasteiger partial charge in [0.15, 0.2) is 6.61 Å². The standard InChI is InChI=1S/C13H17NO2/c1-4-7-14-13(15)9-16-12-6-5-10(2)8-11(12)3/h4-6,8H,1,7,9H2,2-3H3,(H,14,15). The molecule has 1 aromatic carbocycles. The molecule has 0 atom stereocenters. The lowest BCUT2D eigenvalue weighted by atomic mass is 10.1. The highest BCUT2D eigenvalue weighted by Gasteiger charge is 2.03. The SMILES string of the molecule is C=CCNC(=O)COc1ccc(C)cc1C. The Labute approximate surface area is 96.1 Å². The topological polar surface area (TPSA) is 38.3 Å². The van der Waals surface area contributed by atoms with E-state index in [9.17, 15) is 4.79 Å². The molecule has 0 heterocycles. The molecule has 0 bridgehead atoms. The predicted molar refractivity (Wildman–Crippen MR) is 64.6 cm³/mol. The third kappa shape index (κ3) is 3.77. The first-order chi connectivity index (χ1) is 7.63. The van der Waals surface area contributed by atoms with Crippen LogP contribution in [0.1, 0.15) is 11.1 Å². The Bertz CT molecular complexity index is 386. The van der Waals surface area contributed by atoms with Gasteiger partial charge in [0.05, 0.1) is 0 Å². The number of hydrogen-bond donors (Lipinski definition) is 1. The van der Waals surface area contributed by atoms with Crippen molar-refractivity contribution < 1.29 is 9.53 Å². The highest BCUT2D eigenvalue weighted by molar-refractivity contribution is 5.77. The smallest absolute Gasteiger partial charge is 0.258 e. The molecule has 1 N–H and O–H groups in total. The molecule has 1 amide bonds. The first-order valence-corrected chi connectivity index (χ1v) is 5.21. The van der Waals surface area contributed by atoms with Crippen LogP contribution in [0.5, 0.6) is 5.75 Å². The second-order valence-electron chi connectivity index (χ2n) is 3.65. The Morgan fingerprint density at radius 1 is 1.50 bits per heavy atom. The van der Waals surface area contributed by atoms with Crippen molar-refractivity contribution in [1.82, 2.24) is 5.32 Å². The summed E-state index contributed by atoms with van der Waals surface area (Å²) in [7, 11) is 0. The maximum absolute atomic E-state index is 11.3. The van der Waals surface area contributed by atoms with Gasteiger partial charge in [-0.15, -0.1) is 6.58 Å². The number of rotatable bonds is 5. The molecular weight excluding hydrogens is 202 g/mol. The molecule has 0 aliphatic heterocycles. The van der Waals surface area contributed by atoms with Gasteiger partial charge < -0.3 is 10.1 Å². The molecule has 1 aromatic rings. The van der Waals surface area contributed by atoms with E-state index in [0.717, 1.165) is 11.3 Å². The number of carbonyl (C=O) groups is 1. The minimum atomic E-state index is -0.139. The van der Waals surface area contributed by atoms with E-state index in [2.05, 4.69) is 11.9 Å². The summed E-state index contributed by atoms with van der Waals surface area (Å²) >= 11 is 0. The minimum Gasteiger partial charge on any atom is -0.484 e. The number of nitrogens with one attached hydrogen (secondary N) is 1. The number of benzene rings is 1. The van der Waals surface area contributed by atoms with Crippen LogP contribution in [0.25, 0.3) is 0 Å². The van der Waals surface area contributed by atoms with Gasteiger partial charge in [0, 0.05) is 6.54 Å². The summed E-state index contributed by atoms with van der Waals surface area (Å²) in [5.74, 6) is 0.610. The molecule has 0 unspecified atom stereocenters. The van der Waals surface area contributed by atoms with Gasteiger partial charge >= 0.3 is 0 Å². The van der Waals surface area contributed by atoms with Crippen LogP contribution in [-0.4, -0.2) is 19.1 Å². The molecule has 0 radical (unpaired) electrons. The Hall–Kier alpha value is -1.77. The van der Waals surface area contributed by atoms with Crippen LogP contribution in [0.4, 0.5) is 0 Å². The summed E-state index contributed by atoms with van der Waals surface area (Å²) < 4.78 is 5.40. The summed E-state index contributed by atoms with van der Waals surface area (Å²) in [6.45, 7) is 8.01. The van der Waals surface area contributed by atoms with Crippen molar-refractivity contribution in [2.24, 2.45) is 0 Å². The first kappa shape index (κ1) is 12.3. The lowest BCUT2D eigenvalue weighted by molar-refractivity contribution is -0.122. The van der Waals surface area contributed by atoms with Crippen molar-refractivity contribution in [3.63, 3.8) is 0 Å². The van der Waals surface area contributed by atoms with Crippen molar-refractivity contribution in [2.45, 2.75) is 13.8 Å². The summed E-state index contributed by atoms with van der Waals surface area (Å²) in [5, 5.41) is 2.65. The summed E-state index contributed by atoms with van der Waals surface area (Å²) in [6, 6.07) is 5.87. The Kier molecular flexibility index (Phi) is 4.58. The van der Waals surface area contributed by atoms with Gasteiger partial charge in [0.25, 0.3) is 5.91 Å². The molecule has 3 nitrogen and oxygen atoms in total. The highest BCUT2D eigenvalue weighted by Crippen LogP contribution is 2.18. The Morgan fingerprint density at radius 3 is 2.88 bits per heavy atom. The number of ether oxygens (including phenoxy) is 1. The van der Waals surface area contributed by atoms with E-state index < -0.39 is 0 Å². The van der Waals surface area contributed by atoms with Crippen molar-refractivity contribution in [3.05, 3.63) is 42.0 Å². The van der Waals surface area contributed by atoms with Crippen LogP contribution >= 0.6 is 0 Å². The van der Waals surface area contributed by atoms with E-state index in [1.165, 1.54) is 5.56 Å². The fraction of sp³-hybridized carbons (Fsp3) is 0.308. The number of carbonyl (C=O) groups excluding carboxylic acids is 1. The van der Waals surface area contributed by atoms with E-state index >= 15 is 0 Å². The lowest BCUT2D eigenvalue weighted by Gasteiger charge is -2.09. The quantitative estimate of drug-likeness (QED) is 0.769. The van der Waals surface area contributed by atoms with Crippen molar-refractivity contribution >= 4 is 5.91 Å². The zero-order valence-corrected chi connectivity index (χ0v) is 9.75. The third-order valence-electron chi connectivity index (χ3n) is 2.13. The molecule has 0 saturated heterocycles. The monoisotopic (exact) mass is 219 g/mol. The van der Waals surface area contributed by atoms with Gasteiger partial charge in [-0.3, -0.25) is 4.79 Å². The maximum Gasteiger partial charge on any atom is 0.258 e. The molecule has 0 saturated carbocycles. The summed E-state index contributed by atoms with van der Waals surface area (Å²) in [4.78, 5) is 11.3. The molecule has 3 heteroatoms. The average Bonchev–Trinajstić information content (AvgIpc) is 2.25. The number of aryl methyl sites for hydroxylation is 2. The first-order valence-electron chi connectivity index (χ1n) is 5.21. The van der Waals surface area contributed by atoms with E-state index in [-0.39, 0.29) is 12.5 Å². The van der Waals surface area contributed by atoms with E-state index in [0.29, 0.717) is 6.54 Å². The van der Waals surface area contributed by atoms with E-state index in [1.807, 2.05) is 32.0 Å². The fourth-order valence-electron chi connectivity index (χ4n) is 1.34. The fourth-order valence-corrected chi connectivity index (χ4v) is 1.34. The molecule has 86 valence electrons. The Balaban J connectivity index is 2.48. The van der Waals surface area contributed by atoms with Crippen molar-refractivity contribution in [1.29, 1.82) is 0 Å². The van der Waals surface area contributed by atoms with Gasteiger partial charge in [0.2, 0.25) is 0 Å². The van der Waals surface area contributed by atoms with Crippen LogP contribution < -0.4 is 10.1 Å². The van der Waals surface area contributed by atoms with Crippen LogP contribution in [0.2, 0.25) is 0 Å². The molecular formula is C13H17NO2. The van der Waals surface area contributed by atoms with Gasteiger partial charge in [-0.1, -0.05) is 23.8 Å². The molecule has 1 rings (SSSR count). The van der Waals surface area contributed by atoms with Crippen molar-refractivity contribution in [2.75, 3.05) is 13.2 Å². The zero-order chi connectivity index (χ0) is 12.0. The van der Waals surface area contributed by atoms with Gasteiger partial charge in [-0.05, 0) is 25.5 Å². The van der Waals surface area contributed by atoms with E-state index in [4.69, 9.17) is 4.74 Å². The average molecular weight is 219 g/mol. The molecule has 0 aliphatic carbocycles.